The van der Waals surface area contributed by atoms with Gasteiger partial charge in [-0.3, -0.25) is 0 Å². The lowest BCUT2D eigenvalue weighted by Gasteiger charge is -2.09. The molecule has 5 heteroatoms. The maximum Gasteiger partial charge on any atom is 0.196 e. The summed E-state index contributed by atoms with van der Waals surface area (Å²) in [4.78, 5) is 6.69. The van der Waals surface area contributed by atoms with Crippen LogP contribution < -0.4 is 5.32 Å². The van der Waals surface area contributed by atoms with Gasteiger partial charge in [-0.25, -0.2) is 4.99 Å². The predicted molar refractivity (Wildman–Crippen MR) is 56.5 cm³/mol. The second-order valence-electron chi connectivity index (χ2n) is 2.50. The number of thiophene rings is 1. The van der Waals surface area contributed by atoms with Crippen LogP contribution in [-0.4, -0.2) is 5.29 Å². The SMILES string of the molecule is Cc1sc2c(c1Br)N=C(Cl)NC2. The van der Waals surface area contributed by atoms with Crippen molar-refractivity contribution in [2.45, 2.75) is 13.5 Å². The molecule has 0 radical (unpaired) electrons. The Morgan fingerprint density at radius 2 is 2.42 bits per heavy atom. The average Bonchev–Trinajstić information content (AvgIpc) is 2.31. The summed E-state index contributed by atoms with van der Waals surface area (Å²) in [5, 5.41) is 3.46. The molecular weight excluding hydrogens is 260 g/mol. The topological polar surface area (TPSA) is 24.4 Å². The molecule has 1 aromatic rings. The molecule has 0 spiro atoms. The van der Waals surface area contributed by atoms with Gasteiger partial charge < -0.3 is 5.32 Å². The van der Waals surface area contributed by atoms with Crippen molar-refractivity contribution < 1.29 is 0 Å². The van der Waals surface area contributed by atoms with Gasteiger partial charge in [0.2, 0.25) is 0 Å². The standard InChI is InChI=1S/C7H6BrClN2S/c1-3-5(8)6-4(12-3)2-10-7(9)11-6/h2H2,1H3,(H,10,11). The molecule has 0 atom stereocenters. The molecule has 2 heterocycles. The summed E-state index contributed by atoms with van der Waals surface area (Å²) in [6, 6.07) is 0. The third-order valence-electron chi connectivity index (χ3n) is 1.66. The van der Waals surface area contributed by atoms with Crippen LogP contribution in [0.2, 0.25) is 0 Å². The minimum Gasteiger partial charge on any atom is -0.355 e. The molecule has 0 saturated carbocycles. The lowest BCUT2D eigenvalue weighted by atomic mass is 10.3. The Morgan fingerprint density at radius 3 is 3.17 bits per heavy atom. The normalized spacial score (nSPS) is 15.1. The van der Waals surface area contributed by atoms with Crippen LogP contribution >= 0.6 is 38.9 Å². The summed E-state index contributed by atoms with van der Waals surface area (Å²) in [7, 11) is 0. The first-order valence-corrected chi connectivity index (χ1v) is 5.43. The first-order valence-electron chi connectivity index (χ1n) is 3.44. The lowest BCUT2D eigenvalue weighted by molar-refractivity contribution is 0.926. The average molecular weight is 266 g/mol. The van der Waals surface area contributed by atoms with Crippen LogP contribution in [0, 0.1) is 6.92 Å². The first kappa shape index (κ1) is 8.53. The third-order valence-corrected chi connectivity index (χ3v) is 4.21. The Morgan fingerprint density at radius 1 is 1.67 bits per heavy atom. The largest absolute Gasteiger partial charge is 0.355 e. The molecule has 0 aromatic carbocycles. The molecule has 12 heavy (non-hydrogen) atoms. The smallest absolute Gasteiger partial charge is 0.196 e. The molecular formula is C7H6BrClN2S. The van der Waals surface area contributed by atoms with Gasteiger partial charge >= 0.3 is 0 Å². The Kier molecular flexibility index (Phi) is 2.14. The number of hydrogen-bond donors (Lipinski definition) is 1. The fraction of sp³-hybridized carbons (Fsp3) is 0.286. The van der Waals surface area contributed by atoms with Crippen molar-refractivity contribution in [1.82, 2.24) is 5.32 Å². The Hall–Kier alpha value is -0.0600. The fourth-order valence-electron chi connectivity index (χ4n) is 1.09. The lowest BCUT2D eigenvalue weighted by Crippen LogP contribution is -2.19. The highest BCUT2D eigenvalue weighted by molar-refractivity contribution is 9.10. The molecule has 0 bridgehead atoms. The van der Waals surface area contributed by atoms with Crippen molar-refractivity contribution in [2.24, 2.45) is 4.99 Å². The molecule has 2 rings (SSSR count). The van der Waals surface area contributed by atoms with Crippen molar-refractivity contribution >= 4 is 49.8 Å². The monoisotopic (exact) mass is 264 g/mol. The zero-order valence-corrected chi connectivity index (χ0v) is 9.48. The summed E-state index contributed by atoms with van der Waals surface area (Å²) in [5.74, 6) is 0. The fourth-order valence-corrected chi connectivity index (χ4v) is 2.89. The van der Waals surface area contributed by atoms with E-state index in [1.165, 1.54) is 9.75 Å². The maximum absolute atomic E-state index is 5.75. The Balaban J connectivity index is 2.59. The number of amidine groups is 1. The van der Waals surface area contributed by atoms with E-state index in [-0.39, 0.29) is 0 Å². The minimum absolute atomic E-state index is 0.473. The molecule has 2 nitrogen and oxygen atoms in total. The van der Waals surface area contributed by atoms with E-state index < -0.39 is 0 Å². The third kappa shape index (κ3) is 1.28. The second-order valence-corrected chi connectivity index (χ2v) is 4.96. The van der Waals surface area contributed by atoms with E-state index in [1.807, 2.05) is 0 Å². The number of halogens is 2. The van der Waals surface area contributed by atoms with Gasteiger partial charge in [-0.2, -0.15) is 0 Å². The highest BCUT2D eigenvalue weighted by Crippen LogP contribution is 2.40. The Bertz CT molecular complexity index is 359. The molecule has 0 saturated heterocycles. The highest BCUT2D eigenvalue weighted by atomic mass is 79.9. The molecule has 1 aromatic heterocycles. The van der Waals surface area contributed by atoms with Gasteiger partial charge in [0.25, 0.3) is 0 Å². The second kappa shape index (κ2) is 3.01. The van der Waals surface area contributed by atoms with Gasteiger partial charge in [-0.1, -0.05) is 0 Å². The van der Waals surface area contributed by atoms with Gasteiger partial charge in [0.15, 0.2) is 5.29 Å². The van der Waals surface area contributed by atoms with Crippen LogP contribution in [0.3, 0.4) is 0 Å². The van der Waals surface area contributed by atoms with Gasteiger partial charge in [0.05, 0.1) is 21.6 Å². The zero-order valence-electron chi connectivity index (χ0n) is 6.32. The van der Waals surface area contributed by atoms with Crippen molar-refractivity contribution in [3.8, 4) is 0 Å². The van der Waals surface area contributed by atoms with Crippen LogP contribution in [0.5, 0.6) is 0 Å². The van der Waals surface area contributed by atoms with Gasteiger partial charge in [-0.15, -0.1) is 11.3 Å². The summed E-state index contributed by atoms with van der Waals surface area (Å²) >= 11 is 11.0. The molecule has 0 amide bonds. The minimum atomic E-state index is 0.473. The predicted octanol–water partition coefficient (Wildman–Crippen LogP) is 3.15. The summed E-state index contributed by atoms with van der Waals surface area (Å²) in [5.41, 5.74) is 0.987. The van der Waals surface area contributed by atoms with E-state index in [0.717, 1.165) is 16.7 Å². The van der Waals surface area contributed by atoms with Crippen LogP contribution in [-0.2, 0) is 6.54 Å². The molecule has 1 N–H and O–H groups in total. The van der Waals surface area contributed by atoms with Crippen LogP contribution in [0.15, 0.2) is 9.47 Å². The van der Waals surface area contributed by atoms with Gasteiger partial charge in [0, 0.05) is 4.88 Å². The van der Waals surface area contributed by atoms with Gasteiger partial charge in [-0.05, 0) is 34.5 Å². The first-order chi connectivity index (χ1) is 5.68. The number of nitrogens with zero attached hydrogens (tertiary/aromatic N) is 1. The van der Waals surface area contributed by atoms with E-state index in [2.05, 4.69) is 33.2 Å². The Labute approximate surface area is 87.8 Å². The molecule has 0 unspecified atom stereocenters. The van der Waals surface area contributed by atoms with Gasteiger partial charge in [0.1, 0.15) is 0 Å². The van der Waals surface area contributed by atoms with E-state index >= 15 is 0 Å². The van der Waals surface area contributed by atoms with E-state index in [0.29, 0.717) is 5.29 Å². The maximum atomic E-state index is 5.75. The zero-order chi connectivity index (χ0) is 8.72. The number of rotatable bonds is 0. The summed E-state index contributed by atoms with van der Waals surface area (Å²) in [6.07, 6.45) is 0. The molecule has 1 aliphatic heterocycles. The number of aryl methyl sites for hydroxylation is 1. The van der Waals surface area contributed by atoms with E-state index in [1.54, 1.807) is 11.3 Å². The van der Waals surface area contributed by atoms with Crippen molar-refractivity contribution in [1.29, 1.82) is 0 Å². The summed E-state index contributed by atoms with van der Waals surface area (Å²) in [6.45, 7) is 2.85. The van der Waals surface area contributed by atoms with Crippen molar-refractivity contribution in [2.75, 3.05) is 0 Å². The van der Waals surface area contributed by atoms with Crippen LogP contribution in [0.25, 0.3) is 0 Å². The number of nitrogens with one attached hydrogen (secondary N) is 1. The number of aliphatic imine (C=N–C) groups is 1. The summed E-state index contributed by atoms with van der Waals surface area (Å²) < 4.78 is 1.07. The van der Waals surface area contributed by atoms with E-state index in [4.69, 9.17) is 11.6 Å². The molecule has 0 fully saturated rings. The van der Waals surface area contributed by atoms with Crippen LogP contribution in [0.1, 0.15) is 9.75 Å². The molecule has 64 valence electrons. The molecule has 0 aliphatic carbocycles. The number of fused-ring (bicyclic) bond motifs is 1. The quantitative estimate of drug-likeness (QED) is 0.716. The van der Waals surface area contributed by atoms with Crippen molar-refractivity contribution in [3.63, 3.8) is 0 Å². The molecule has 1 aliphatic rings. The van der Waals surface area contributed by atoms with Crippen LogP contribution in [0.4, 0.5) is 5.69 Å². The van der Waals surface area contributed by atoms with Crippen molar-refractivity contribution in [3.05, 3.63) is 14.2 Å². The van der Waals surface area contributed by atoms with E-state index in [9.17, 15) is 0 Å². The number of hydrogen-bond acceptors (Lipinski definition) is 3. The highest BCUT2D eigenvalue weighted by Gasteiger charge is 2.17.